The van der Waals surface area contributed by atoms with Crippen molar-refractivity contribution < 1.29 is 4.79 Å². The fraction of sp³-hybridized carbons (Fsp3) is 0.267. The lowest BCUT2D eigenvalue weighted by atomic mass is 9.93. The molecule has 1 unspecified atom stereocenters. The van der Waals surface area contributed by atoms with Crippen LogP contribution in [0.1, 0.15) is 29.0 Å². The molecule has 0 bridgehead atoms. The molecule has 1 aromatic carbocycles. The largest absolute Gasteiger partial charge is 0.331 e. The van der Waals surface area contributed by atoms with E-state index in [9.17, 15) is 4.79 Å². The molecule has 0 fully saturated rings. The highest BCUT2D eigenvalue weighted by Gasteiger charge is 2.30. The second kappa shape index (κ2) is 4.99. The third-order valence-electron chi connectivity index (χ3n) is 3.56. The standard InChI is InChI=1S/C15H14ClNOS/c1-10(18)17-8-6-14-13(7-9-19-14)15(17)11-2-4-12(16)5-3-11/h2-5,7,9,15H,6,8H2,1H3. The predicted molar refractivity (Wildman–Crippen MR) is 78.7 cm³/mol. The Labute approximate surface area is 121 Å². The molecule has 4 heteroatoms. The van der Waals surface area contributed by atoms with E-state index < -0.39 is 0 Å². The molecule has 0 aliphatic carbocycles. The molecule has 1 aliphatic rings. The number of nitrogens with zero attached hydrogens (tertiary/aromatic N) is 1. The fourth-order valence-corrected chi connectivity index (χ4v) is 3.69. The first kappa shape index (κ1) is 12.7. The van der Waals surface area contributed by atoms with E-state index >= 15 is 0 Å². The fourth-order valence-electron chi connectivity index (χ4n) is 2.66. The lowest BCUT2D eigenvalue weighted by Gasteiger charge is -2.35. The van der Waals surface area contributed by atoms with Crippen LogP contribution in [0, 0.1) is 0 Å². The highest BCUT2D eigenvalue weighted by atomic mass is 35.5. The first-order valence-electron chi connectivity index (χ1n) is 6.26. The van der Waals surface area contributed by atoms with Gasteiger partial charge in [-0.15, -0.1) is 11.3 Å². The van der Waals surface area contributed by atoms with Crippen molar-refractivity contribution in [2.75, 3.05) is 6.54 Å². The number of carbonyl (C=O) groups excluding carboxylic acids is 1. The summed E-state index contributed by atoms with van der Waals surface area (Å²) >= 11 is 7.73. The monoisotopic (exact) mass is 291 g/mol. The molecule has 0 saturated carbocycles. The van der Waals surface area contributed by atoms with Crippen LogP contribution >= 0.6 is 22.9 Å². The summed E-state index contributed by atoms with van der Waals surface area (Å²) in [4.78, 5) is 15.2. The van der Waals surface area contributed by atoms with Gasteiger partial charge in [0, 0.05) is 23.4 Å². The number of hydrogen-bond donors (Lipinski definition) is 0. The van der Waals surface area contributed by atoms with E-state index in [1.54, 1.807) is 18.3 Å². The van der Waals surface area contributed by atoms with E-state index in [4.69, 9.17) is 11.6 Å². The molecule has 1 aromatic heterocycles. The molecular formula is C15H14ClNOS. The lowest BCUT2D eigenvalue weighted by molar-refractivity contribution is -0.130. The van der Waals surface area contributed by atoms with E-state index in [2.05, 4.69) is 11.4 Å². The summed E-state index contributed by atoms with van der Waals surface area (Å²) in [5, 5.41) is 2.83. The molecular weight excluding hydrogens is 278 g/mol. The Balaban J connectivity index is 2.08. The highest BCUT2D eigenvalue weighted by Crippen LogP contribution is 2.37. The maximum atomic E-state index is 11.9. The Morgan fingerprint density at radius 2 is 2.05 bits per heavy atom. The molecule has 2 nitrogen and oxygen atoms in total. The SMILES string of the molecule is CC(=O)N1CCc2sccc2C1c1ccc(Cl)cc1. The average molecular weight is 292 g/mol. The zero-order valence-corrected chi connectivity index (χ0v) is 12.2. The molecule has 1 amide bonds. The number of thiophene rings is 1. The summed E-state index contributed by atoms with van der Waals surface area (Å²) in [6.07, 6.45) is 0.955. The van der Waals surface area contributed by atoms with Gasteiger partial charge in [-0.05, 0) is 41.1 Å². The van der Waals surface area contributed by atoms with Gasteiger partial charge in [-0.2, -0.15) is 0 Å². The summed E-state index contributed by atoms with van der Waals surface area (Å²) < 4.78 is 0. The van der Waals surface area contributed by atoms with Crippen LogP contribution in [0.2, 0.25) is 5.02 Å². The van der Waals surface area contributed by atoms with Crippen molar-refractivity contribution in [3.05, 3.63) is 56.7 Å². The topological polar surface area (TPSA) is 20.3 Å². The van der Waals surface area contributed by atoms with Gasteiger partial charge in [0.15, 0.2) is 0 Å². The van der Waals surface area contributed by atoms with Crippen molar-refractivity contribution in [2.45, 2.75) is 19.4 Å². The van der Waals surface area contributed by atoms with Gasteiger partial charge in [0.2, 0.25) is 5.91 Å². The molecule has 0 radical (unpaired) electrons. The van der Waals surface area contributed by atoms with Crippen molar-refractivity contribution in [1.29, 1.82) is 0 Å². The van der Waals surface area contributed by atoms with Crippen LogP contribution in [0.5, 0.6) is 0 Å². The quantitative estimate of drug-likeness (QED) is 0.780. The molecule has 0 spiro atoms. The van der Waals surface area contributed by atoms with Crippen LogP contribution in [0.25, 0.3) is 0 Å². The zero-order chi connectivity index (χ0) is 13.4. The number of benzene rings is 1. The number of carbonyl (C=O) groups is 1. The number of halogens is 1. The summed E-state index contributed by atoms with van der Waals surface area (Å²) in [6, 6.07) is 9.95. The van der Waals surface area contributed by atoms with Gasteiger partial charge < -0.3 is 4.90 Å². The van der Waals surface area contributed by atoms with Gasteiger partial charge in [-0.3, -0.25) is 4.79 Å². The van der Waals surface area contributed by atoms with Gasteiger partial charge in [0.25, 0.3) is 0 Å². The average Bonchev–Trinajstić information content (AvgIpc) is 2.86. The Morgan fingerprint density at radius 1 is 1.32 bits per heavy atom. The minimum atomic E-state index is 0.0322. The Morgan fingerprint density at radius 3 is 2.74 bits per heavy atom. The number of amides is 1. The van der Waals surface area contributed by atoms with Crippen LogP contribution in [0.15, 0.2) is 35.7 Å². The van der Waals surface area contributed by atoms with Crippen molar-refractivity contribution in [3.8, 4) is 0 Å². The van der Waals surface area contributed by atoms with Gasteiger partial charge in [0.1, 0.15) is 0 Å². The molecule has 2 aromatic rings. The molecule has 1 atom stereocenters. The van der Waals surface area contributed by atoms with Crippen LogP contribution in [-0.4, -0.2) is 17.4 Å². The third kappa shape index (κ3) is 2.28. The third-order valence-corrected chi connectivity index (χ3v) is 4.80. The van der Waals surface area contributed by atoms with Crippen LogP contribution < -0.4 is 0 Å². The van der Waals surface area contributed by atoms with Crippen molar-refractivity contribution in [2.24, 2.45) is 0 Å². The minimum Gasteiger partial charge on any atom is -0.331 e. The summed E-state index contributed by atoms with van der Waals surface area (Å²) in [6.45, 7) is 2.43. The van der Waals surface area contributed by atoms with Crippen molar-refractivity contribution in [3.63, 3.8) is 0 Å². The zero-order valence-electron chi connectivity index (χ0n) is 10.6. The first-order chi connectivity index (χ1) is 9.16. The van der Waals surface area contributed by atoms with E-state index in [1.165, 1.54) is 10.4 Å². The molecule has 1 aliphatic heterocycles. The Hall–Kier alpha value is -1.32. The van der Waals surface area contributed by atoms with Crippen LogP contribution in [0.3, 0.4) is 0 Å². The molecule has 0 saturated heterocycles. The minimum absolute atomic E-state index is 0.0322. The van der Waals surface area contributed by atoms with Crippen LogP contribution in [-0.2, 0) is 11.2 Å². The normalized spacial score (nSPS) is 18.2. The number of rotatable bonds is 1. The van der Waals surface area contributed by atoms with E-state index in [-0.39, 0.29) is 11.9 Å². The second-order valence-corrected chi connectivity index (χ2v) is 6.15. The maximum Gasteiger partial charge on any atom is 0.220 e. The van der Waals surface area contributed by atoms with Gasteiger partial charge in [0.05, 0.1) is 6.04 Å². The van der Waals surface area contributed by atoms with Gasteiger partial charge in [-0.1, -0.05) is 23.7 Å². The van der Waals surface area contributed by atoms with E-state index in [0.717, 1.165) is 23.6 Å². The first-order valence-corrected chi connectivity index (χ1v) is 7.51. The summed E-state index contributed by atoms with van der Waals surface area (Å²) in [5.41, 5.74) is 2.38. The molecule has 0 N–H and O–H groups in total. The Kier molecular flexibility index (Phi) is 3.33. The summed E-state index contributed by atoms with van der Waals surface area (Å²) in [5.74, 6) is 0.122. The number of hydrogen-bond acceptors (Lipinski definition) is 2. The molecule has 2 heterocycles. The van der Waals surface area contributed by atoms with E-state index in [1.807, 2.05) is 29.2 Å². The van der Waals surface area contributed by atoms with Crippen molar-refractivity contribution in [1.82, 2.24) is 4.90 Å². The van der Waals surface area contributed by atoms with Gasteiger partial charge in [-0.25, -0.2) is 0 Å². The van der Waals surface area contributed by atoms with Crippen LogP contribution in [0.4, 0.5) is 0 Å². The smallest absolute Gasteiger partial charge is 0.220 e. The summed E-state index contributed by atoms with van der Waals surface area (Å²) in [7, 11) is 0. The Bertz CT molecular complexity index is 605. The van der Waals surface area contributed by atoms with E-state index in [0.29, 0.717) is 0 Å². The van der Waals surface area contributed by atoms with Gasteiger partial charge >= 0.3 is 0 Å². The van der Waals surface area contributed by atoms with Crippen molar-refractivity contribution >= 4 is 28.8 Å². The maximum absolute atomic E-state index is 11.9. The number of fused-ring (bicyclic) bond motifs is 1. The second-order valence-electron chi connectivity index (χ2n) is 4.72. The lowest BCUT2D eigenvalue weighted by Crippen LogP contribution is -2.38. The predicted octanol–water partition coefficient (Wildman–Crippen LogP) is 3.90. The molecule has 98 valence electrons. The molecule has 3 rings (SSSR count). The molecule has 19 heavy (non-hydrogen) atoms. The highest BCUT2D eigenvalue weighted by molar-refractivity contribution is 7.10.